The van der Waals surface area contributed by atoms with Crippen LogP contribution in [0.25, 0.3) is 16.8 Å². The van der Waals surface area contributed by atoms with Crippen molar-refractivity contribution < 1.29 is 4.92 Å². The lowest BCUT2D eigenvalue weighted by atomic mass is 10.0. The van der Waals surface area contributed by atoms with Gasteiger partial charge in [0.15, 0.2) is 11.0 Å². The summed E-state index contributed by atoms with van der Waals surface area (Å²) in [6, 6.07) is 14.9. The highest BCUT2D eigenvalue weighted by molar-refractivity contribution is 6.34. The van der Waals surface area contributed by atoms with E-state index in [-0.39, 0.29) is 10.8 Å². The second-order valence-electron chi connectivity index (χ2n) is 6.50. The van der Waals surface area contributed by atoms with Crippen molar-refractivity contribution in [1.82, 2.24) is 10.2 Å². The van der Waals surface area contributed by atoms with Gasteiger partial charge >= 0.3 is 0 Å². The topological polar surface area (TPSA) is 72.2 Å². The van der Waals surface area contributed by atoms with Gasteiger partial charge in [0, 0.05) is 36.0 Å². The predicted octanol–water partition coefficient (Wildman–Crippen LogP) is 4.88. The minimum atomic E-state index is -0.408. The first-order chi connectivity index (χ1) is 13.1. The van der Waals surface area contributed by atoms with Gasteiger partial charge in [-0.25, -0.2) is 0 Å². The van der Waals surface area contributed by atoms with Gasteiger partial charge in [-0.05, 0) is 24.5 Å². The molecule has 136 valence electrons. The number of benzene rings is 2. The summed E-state index contributed by atoms with van der Waals surface area (Å²) >= 11 is 6.14. The van der Waals surface area contributed by atoms with Gasteiger partial charge in [0.05, 0.1) is 4.92 Å². The number of hydrogen-bond donors (Lipinski definition) is 0. The van der Waals surface area contributed by atoms with Gasteiger partial charge in [-0.1, -0.05) is 53.6 Å². The van der Waals surface area contributed by atoms with Gasteiger partial charge < -0.3 is 4.90 Å². The lowest BCUT2D eigenvalue weighted by molar-refractivity contribution is -0.384. The van der Waals surface area contributed by atoms with E-state index in [0.29, 0.717) is 16.6 Å². The maximum absolute atomic E-state index is 11.1. The van der Waals surface area contributed by atoms with Crippen LogP contribution in [0.4, 0.5) is 11.5 Å². The Labute approximate surface area is 161 Å². The van der Waals surface area contributed by atoms with E-state index in [0.717, 1.165) is 25.9 Å². The molecule has 0 amide bonds. The number of fused-ring (bicyclic) bond motifs is 1. The van der Waals surface area contributed by atoms with Crippen LogP contribution in [0.5, 0.6) is 0 Å². The number of non-ortho nitro benzene ring substituents is 1. The fourth-order valence-corrected chi connectivity index (χ4v) is 3.58. The summed E-state index contributed by atoms with van der Waals surface area (Å²) in [5.41, 5.74) is 2.61. The van der Waals surface area contributed by atoms with Crippen LogP contribution in [0.2, 0.25) is 5.15 Å². The summed E-state index contributed by atoms with van der Waals surface area (Å²) in [6.45, 7) is 1.57. The van der Waals surface area contributed by atoms with Crippen LogP contribution in [-0.4, -0.2) is 28.2 Å². The Kier molecular flexibility index (Phi) is 4.73. The maximum Gasteiger partial charge on any atom is 0.270 e. The Balaban J connectivity index is 1.62. The van der Waals surface area contributed by atoms with Crippen molar-refractivity contribution in [1.29, 1.82) is 0 Å². The molecule has 0 bridgehead atoms. The molecule has 1 saturated heterocycles. The molecule has 1 aliphatic rings. The number of halogens is 1. The van der Waals surface area contributed by atoms with Crippen molar-refractivity contribution >= 4 is 40.0 Å². The Hall–Kier alpha value is -2.99. The van der Waals surface area contributed by atoms with E-state index in [1.165, 1.54) is 23.3 Å². The number of nitro groups is 1. The molecule has 1 fully saturated rings. The minimum Gasteiger partial charge on any atom is -0.354 e. The second kappa shape index (κ2) is 7.32. The van der Waals surface area contributed by atoms with E-state index in [1.54, 1.807) is 6.07 Å². The molecule has 7 heteroatoms. The lowest BCUT2D eigenvalue weighted by Crippen LogP contribution is -2.31. The first-order valence-electron chi connectivity index (χ1n) is 8.71. The third-order valence-electron chi connectivity index (χ3n) is 4.79. The molecule has 0 aliphatic carbocycles. The van der Waals surface area contributed by atoms with Crippen LogP contribution in [0.15, 0.2) is 54.1 Å². The average Bonchev–Trinajstić information content (AvgIpc) is 2.69. The van der Waals surface area contributed by atoms with Gasteiger partial charge in [0.2, 0.25) is 0 Å². The van der Waals surface area contributed by atoms with E-state index in [9.17, 15) is 10.1 Å². The molecule has 0 N–H and O–H groups in total. The molecule has 2 aromatic carbocycles. The molecule has 0 unspecified atom stereocenters. The van der Waals surface area contributed by atoms with E-state index in [1.807, 2.05) is 18.2 Å². The first-order valence-corrected chi connectivity index (χ1v) is 9.09. The van der Waals surface area contributed by atoms with Crippen molar-refractivity contribution in [3.63, 3.8) is 0 Å². The molecule has 6 nitrogen and oxygen atoms in total. The number of hydrogen-bond acceptors (Lipinski definition) is 5. The smallest absolute Gasteiger partial charge is 0.270 e. The quantitative estimate of drug-likeness (QED) is 0.478. The fraction of sp³-hybridized carbons (Fsp3) is 0.200. The third-order valence-corrected chi connectivity index (χ3v) is 5.06. The molecule has 0 radical (unpaired) electrons. The van der Waals surface area contributed by atoms with Crippen molar-refractivity contribution in [3.05, 3.63) is 74.9 Å². The minimum absolute atomic E-state index is 0.0227. The summed E-state index contributed by atoms with van der Waals surface area (Å²) in [6.07, 6.45) is 4.05. The van der Waals surface area contributed by atoms with Crippen LogP contribution in [0, 0.1) is 10.1 Å². The van der Waals surface area contributed by atoms with Crippen LogP contribution >= 0.6 is 11.6 Å². The van der Waals surface area contributed by atoms with Crippen LogP contribution in [0.1, 0.15) is 18.4 Å². The van der Waals surface area contributed by atoms with Gasteiger partial charge in [-0.2, -0.15) is 0 Å². The maximum atomic E-state index is 11.1. The Morgan fingerprint density at radius 1 is 1.04 bits per heavy atom. The second-order valence-corrected chi connectivity index (χ2v) is 6.86. The summed E-state index contributed by atoms with van der Waals surface area (Å²) in [7, 11) is 0. The third kappa shape index (κ3) is 3.61. The monoisotopic (exact) mass is 380 g/mol. The van der Waals surface area contributed by atoms with Crippen LogP contribution in [-0.2, 0) is 0 Å². The molecule has 4 rings (SSSR count). The summed E-state index contributed by atoms with van der Waals surface area (Å²) < 4.78 is 0. The molecule has 27 heavy (non-hydrogen) atoms. The van der Waals surface area contributed by atoms with E-state index in [4.69, 9.17) is 11.6 Å². The highest BCUT2D eigenvalue weighted by Gasteiger charge is 2.21. The Morgan fingerprint density at radius 3 is 2.48 bits per heavy atom. The van der Waals surface area contributed by atoms with Crippen molar-refractivity contribution in [2.24, 2.45) is 0 Å². The Bertz CT molecular complexity index is 1030. The summed E-state index contributed by atoms with van der Waals surface area (Å²) in [4.78, 5) is 12.9. The number of nitrogens with zero attached hydrogens (tertiary/aromatic N) is 4. The van der Waals surface area contributed by atoms with Crippen LogP contribution < -0.4 is 4.90 Å². The highest BCUT2D eigenvalue weighted by atomic mass is 35.5. The lowest BCUT2D eigenvalue weighted by Gasteiger charge is -2.30. The molecular weight excluding hydrogens is 364 g/mol. The van der Waals surface area contributed by atoms with E-state index >= 15 is 0 Å². The van der Waals surface area contributed by atoms with Gasteiger partial charge in [-0.15, -0.1) is 10.2 Å². The summed E-state index contributed by atoms with van der Waals surface area (Å²) in [5, 5.41) is 21.0. The molecular formula is C20H17ClN4O2. The van der Waals surface area contributed by atoms with Crippen molar-refractivity contribution in [2.75, 3.05) is 18.0 Å². The Morgan fingerprint density at radius 2 is 1.78 bits per heavy atom. The van der Waals surface area contributed by atoms with Gasteiger partial charge in [-0.3, -0.25) is 10.1 Å². The number of piperidine rings is 1. The molecule has 1 aliphatic heterocycles. The SMILES string of the molecule is O=[N+]([O-])c1ccc2c(Cl)nnc(N3CCC(=Cc4ccccc4)CC3)c2c1. The largest absolute Gasteiger partial charge is 0.354 e. The normalized spacial score (nSPS) is 14.4. The number of aromatic nitrogens is 2. The number of anilines is 1. The molecule has 2 heterocycles. The van der Waals surface area contributed by atoms with Crippen molar-refractivity contribution in [3.8, 4) is 0 Å². The summed E-state index contributed by atoms with van der Waals surface area (Å²) in [5.74, 6) is 0.650. The molecule has 0 atom stereocenters. The molecule has 0 saturated carbocycles. The standard InChI is InChI=1S/C20H17ClN4O2/c21-19-17-7-6-16(25(26)27)13-18(17)20(23-22-19)24-10-8-15(9-11-24)12-14-4-2-1-3-5-14/h1-7,12-13H,8-11H2. The fourth-order valence-electron chi connectivity index (χ4n) is 3.38. The van der Waals surface area contributed by atoms with E-state index in [2.05, 4.69) is 33.3 Å². The number of rotatable bonds is 3. The average molecular weight is 381 g/mol. The first kappa shape index (κ1) is 17.4. The highest BCUT2D eigenvalue weighted by Crippen LogP contribution is 2.33. The molecule has 3 aromatic rings. The van der Waals surface area contributed by atoms with Crippen molar-refractivity contribution in [2.45, 2.75) is 12.8 Å². The van der Waals surface area contributed by atoms with Gasteiger partial charge in [0.25, 0.3) is 5.69 Å². The zero-order valence-corrected chi connectivity index (χ0v) is 15.3. The zero-order valence-electron chi connectivity index (χ0n) is 14.5. The molecule has 1 aromatic heterocycles. The van der Waals surface area contributed by atoms with Crippen LogP contribution in [0.3, 0.4) is 0 Å². The zero-order chi connectivity index (χ0) is 18.8. The van der Waals surface area contributed by atoms with Gasteiger partial charge in [0.1, 0.15) is 0 Å². The van der Waals surface area contributed by atoms with E-state index < -0.39 is 4.92 Å². The number of nitro benzene ring substituents is 1. The predicted molar refractivity (Wildman–Crippen MR) is 107 cm³/mol. The molecule has 0 spiro atoms.